The van der Waals surface area contributed by atoms with E-state index in [4.69, 9.17) is 20.6 Å². The fourth-order valence-electron chi connectivity index (χ4n) is 3.08. The molecule has 1 aliphatic rings. The highest BCUT2D eigenvalue weighted by atomic mass is 19.4. The fourth-order valence-corrected chi connectivity index (χ4v) is 3.08. The van der Waals surface area contributed by atoms with Crippen LogP contribution in [0.4, 0.5) is 22.0 Å². The van der Waals surface area contributed by atoms with Crippen LogP contribution in [-0.2, 0) is 4.74 Å². The number of ether oxygens (including phenoxy) is 2. The monoisotopic (exact) mass is 352 g/mol. The molecule has 0 saturated carbocycles. The van der Waals surface area contributed by atoms with E-state index in [1.165, 1.54) is 6.92 Å². The molecule has 9 heteroatoms. The number of benzene rings is 1. The van der Waals surface area contributed by atoms with E-state index in [9.17, 15) is 22.0 Å². The zero-order chi connectivity index (χ0) is 18.4. The molecule has 134 valence electrons. The molecule has 1 aromatic carbocycles. The third kappa shape index (κ3) is 2.60. The average Bonchev–Trinajstić information content (AvgIpc) is 2.75. The lowest BCUT2D eigenvalue weighted by Gasteiger charge is -2.32. The minimum Gasteiger partial charge on any atom is -0.493 e. The number of amidine groups is 1. The number of nitrogens with one attached hydrogen (secondary N) is 1. The largest absolute Gasteiger partial charge is 0.493 e. The summed E-state index contributed by atoms with van der Waals surface area (Å²) in [7, 11) is 1.08. The first-order valence-corrected chi connectivity index (χ1v) is 7.06. The van der Waals surface area contributed by atoms with Gasteiger partial charge in [-0.1, -0.05) is 13.0 Å². The van der Waals surface area contributed by atoms with Crippen LogP contribution in [0.1, 0.15) is 25.3 Å². The van der Waals surface area contributed by atoms with Gasteiger partial charge in [-0.25, -0.2) is 4.39 Å². The maximum Gasteiger partial charge on any atom is 0.417 e. The second-order valence-electron chi connectivity index (χ2n) is 5.90. The quantitative estimate of drug-likeness (QED) is 0.498. The van der Waals surface area contributed by atoms with Gasteiger partial charge in [0.05, 0.1) is 7.11 Å². The molecule has 24 heavy (non-hydrogen) atoms. The molecule has 0 radical (unpaired) electrons. The van der Waals surface area contributed by atoms with Crippen LogP contribution in [-0.4, -0.2) is 30.8 Å². The highest BCUT2D eigenvalue weighted by Crippen LogP contribution is 2.54. The molecule has 0 unspecified atom stereocenters. The van der Waals surface area contributed by atoms with E-state index < -0.39 is 52.9 Å². The van der Waals surface area contributed by atoms with Crippen molar-refractivity contribution < 1.29 is 31.4 Å². The number of rotatable bonds is 3. The van der Waals surface area contributed by atoms with Gasteiger partial charge in [0.25, 0.3) is 0 Å². The SMILES string of the molecule is COc1c([C@H]2[C@H](C(=N)N)O[C@@](C)(C(F)(F)F)[C@H]2C)ccc(F)c1F. The summed E-state index contributed by atoms with van der Waals surface area (Å²) in [6.07, 6.45) is -6.17. The third-order valence-electron chi connectivity index (χ3n) is 4.62. The van der Waals surface area contributed by atoms with Gasteiger partial charge in [-0.2, -0.15) is 17.6 Å². The summed E-state index contributed by atoms with van der Waals surface area (Å²) in [6.45, 7) is 2.11. The Bertz CT molecular complexity index is 664. The molecule has 2 rings (SSSR count). The van der Waals surface area contributed by atoms with E-state index in [2.05, 4.69) is 0 Å². The summed E-state index contributed by atoms with van der Waals surface area (Å²) in [6, 6.07) is 1.92. The predicted octanol–water partition coefficient (Wildman–Crippen LogP) is 3.35. The van der Waals surface area contributed by atoms with Crippen LogP contribution in [0.3, 0.4) is 0 Å². The zero-order valence-corrected chi connectivity index (χ0v) is 13.2. The molecule has 0 aliphatic carbocycles. The van der Waals surface area contributed by atoms with Crippen LogP contribution in [0, 0.1) is 23.0 Å². The molecule has 0 amide bonds. The van der Waals surface area contributed by atoms with E-state index in [0.29, 0.717) is 0 Å². The fraction of sp³-hybridized carbons (Fsp3) is 0.533. The molecule has 0 bridgehead atoms. The Kier molecular flexibility index (Phi) is 4.51. The lowest BCUT2D eigenvalue weighted by Crippen LogP contribution is -2.47. The lowest BCUT2D eigenvalue weighted by atomic mass is 9.77. The number of nitrogens with two attached hydrogens (primary N) is 1. The topological polar surface area (TPSA) is 68.3 Å². The number of hydrogen-bond donors (Lipinski definition) is 2. The van der Waals surface area contributed by atoms with Gasteiger partial charge in [0.15, 0.2) is 17.2 Å². The molecule has 1 fully saturated rings. The average molecular weight is 352 g/mol. The second kappa shape index (κ2) is 5.87. The van der Waals surface area contributed by atoms with Gasteiger partial charge in [0.2, 0.25) is 5.82 Å². The molecule has 1 aliphatic heterocycles. The van der Waals surface area contributed by atoms with Crippen molar-refractivity contribution in [2.45, 2.75) is 37.6 Å². The predicted molar refractivity (Wildman–Crippen MR) is 76.1 cm³/mol. The van der Waals surface area contributed by atoms with Crippen LogP contribution >= 0.6 is 0 Å². The lowest BCUT2D eigenvalue weighted by molar-refractivity contribution is -0.270. The minimum absolute atomic E-state index is 0.0305. The van der Waals surface area contributed by atoms with Crippen LogP contribution < -0.4 is 10.5 Å². The third-order valence-corrected chi connectivity index (χ3v) is 4.62. The Hall–Kier alpha value is -1.90. The smallest absolute Gasteiger partial charge is 0.417 e. The van der Waals surface area contributed by atoms with Crippen molar-refractivity contribution in [2.75, 3.05) is 7.11 Å². The number of alkyl halides is 3. The van der Waals surface area contributed by atoms with Crippen LogP contribution in [0.15, 0.2) is 12.1 Å². The molecule has 0 aromatic heterocycles. The van der Waals surface area contributed by atoms with Crippen LogP contribution in [0.5, 0.6) is 5.75 Å². The van der Waals surface area contributed by atoms with Crippen molar-refractivity contribution in [2.24, 2.45) is 11.7 Å². The normalized spacial score (nSPS) is 30.4. The Morgan fingerprint density at radius 1 is 1.33 bits per heavy atom. The summed E-state index contributed by atoms with van der Waals surface area (Å²) >= 11 is 0. The summed E-state index contributed by atoms with van der Waals surface area (Å²) in [5, 5.41) is 7.54. The number of hydrogen-bond acceptors (Lipinski definition) is 3. The molecule has 4 nitrogen and oxygen atoms in total. The van der Waals surface area contributed by atoms with E-state index >= 15 is 0 Å². The van der Waals surface area contributed by atoms with E-state index in [1.807, 2.05) is 0 Å². The Labute approximate surface area is 135 Å². The van der Waals surface area contributed by atoms with E-state index in [0.717, 1.165) is 26.2 Å². The molecular weight excluding hydrogens is 335 g/mol. The van der Waals surface area contributed by atoms with Crippen molar-refractivity contribution in [3.05, 3.63) is 29.3 Å². The van der Waals surface area contributed by atoms with Gasteiger partial charge in [-0.15, -0.1) is 0 Å². The van der Waals surface area contributed by atoms with Gasteiger partial charge in [-0.05, 0) is 13.0 Å². The van der Waals surface area contributed by atoms with Crippen molar-refractivity contribution in [3.63, 3.8) is 0 Å². The minimum atomic E-state index is -4.74. The molecule has 1 aromatic rings. The van der Waals surface area contributed by atoms with E-state index in [-0.39, 0.29) is 5.56 Å². The number of halogens is 5. The first-order valence-electron chi connectivity index (χ1n) is 7.06. The van der Waals surface area contributed by atoms with Crippen molar-refractivity contribution >= 4 is 5.84 Å². The Morgan fingerprint density at radius 3 is 2.38 bits per heavy atom. The Morgan fingerprint density at radius 2 is 1.92 bits per heavy atom. The van der Waals surface area contributed by atoms with Crippen LogP contribution in [0.2, 0.25) is 0 Å². The molecule has 3 N–H and O–H groups in total. The Balaban J connectivity index is 2.64. The van der Waals surface area contributed by atoms with Gasteiger partial charge in [-0.3, -0.25) is 5.41 Å². The van der Waals surface area contributed by atoms with Gasteiger partial charge >= 0.3 is 6.18 Å². The van der Waals surface area contributed by atoms with Crippen LogP contribution in [0.25, 0.3) is 0 Å². The van der Waals surface area contributed by atoms with Crippen molar-refractivity contribution in [1.29, 1.82) is 5.41 Å². The summed E-state index contributed by atoms with van der Waals surface area (Å²) in [5.41, 5.74) is 2.77. The summed E-state index contributed by atoms with van der Waals surface area (Å²) in [5.74, 6) is -6.01. The molecule has 1 heterocycles. The second-order valence-corrected chi connectivity index (χ2v) is 5.90. The first kappa shape index (κ1) is 18.4. The van der Waals surface area contributed by atoms with Gasteiger partial charge in [0.1, 0.15) is 11.9 Å². The molecule has 0 spiro atoms. The zero-order valence-electron chi connectivity index (χ0n) is 13.2. The summed E-state index contributed by atoms with van der Waals surface area (Å²) in [4.78, 5) is 0. The van der Waals surface area contributed by atoms with Crippen molar-refractivity contribution in [3.8, 4) is 5.75 Å². The molecule has 1 saturated heterocycles. The molecule has 4 atom stereocenters. The maximum atomic E-state index is 13.9. The number of methoxy groups -OCH3 is 1. The van der Waals surface area contributed by atoms with E-state index in [1.54, 1.807) is 0 Å². The standard InChI is InChI=1S/C15H17F5N2O2/c1-6-9(7-4-5-8(16)10(17)11(7)23-3)12(13(21)22)24-14(6,2)15(18,19)20/h4-6,9,12H,1-3H3,(H3,21,22)/t6-,9-,12+,14+/m0/s1. The van der Waals surface area contributed by atoms with Gasteiger partial charge < -0.3 is 15.2 Å². The van der Waals surface area contributed by atoms with Gasteiger partial charge in [0, 0.05) is 17.4 Å². The van der Waals surface area contributed by atoms with Crippen molar-refractivity contribution in [1.82, 2.24) is 0 Å². The highest BCUT2D eigenvalue weighted by Gasteiger charge is 2.65. The first-order chi connectivity index (χ1) is 11.0. The molecular formula is C15H17F5N2O2. The summed E-state index contributed by atoms with van der Waals surface area (Å²) < 4.78 is 77.6. The highest BCUT2D eigenvalue weighted by molar-refractivity contribution is 5.83. The maximum absolute atomic E-state index is 13.9.